The quantitative estimate of drug-likeness (QED) is 0.403. The van der Waals surface area contributed by atoms with Gasteiger partial charge in [-0.25, -0.2) is 14.4 Å². The number of allylic oxidation sites excluding steroid dienone is 1. The lowest BCUT2D eigenvalue weighted by atomic mass is 10.1. The van der Waals surface area contributed by atoms with Gasteiger partial charge in [-0.3, -0.25) is 4.90 Å². The predicted octanol–water partition coefficient (Wildman–Crippen LogP) is 2.88. The van der Waals surface area contributed by atoms with E-state index in [9.17, 15) is 23.8 Å². The number of amides is 2. The van der Waals surface area contributed by atoms with Gasteiger partial charge in [0.1, 0.15) is 12.7 Å². The zero-order valence-electron chi connectivity index (χ0n) is 18.8. The van der Waals surface area contributed by atoms with Crippen molar-refractivity contribution in [3.8, 4) is 0 Å². The van der Waals surface area contributed by atoms with E-state index in [0.717, 1.165) is 4.90 Å². The molecule has 2 aliphatic heterocycles. The number of hydrogen-bond donors (Lipinski definition) is 2. The van der Waals surface area contributed by atoms with Crippen molar-refractivity contribution in [2.45, 2.75) is 24.5 Å². The summed E-state index contributed by atoms with van der Waals surface area (Å²) >= 11 is 0. The molecule has 0 spiro atoms. The second-order valence-corrected chi connectivity index (χ2v) is 8.44. The molecule has 0 aromatic heterocycles. The summed E-state index contributed by atoms with van der Waals surface area (Å²) in [5, 5.41) is 2.51. The van der Waals surface area contributed by atoms with E-state index in [1.807, 2.05) is 0 Å². The Labute approximate surface area is 206 Å². The van der Waals surface area contributed by atoms with Crippen molar-refractivity contribution in [3.63, 3.8) is 0 Å². The van der Waals surface area contributed by atoms with Crippen LogP contribution in [-0.4, -0.2) is 58.9 Å². The fourth-order valence-corrected chi connectivity index (χ4v) is 4.15. The van der Waals surface area contributed by atoms with Gasteiger partial charge in [-0.1, -0.05) is 43.0 Å². The van der Waals surface area contributed by atoms with Crippen molar-refractivity contribution in [2.75, 3.05) is 6.61 Å². The molecule has 2 aromatic carbocycles. The number of ether oxygens (including phenoxy) is 3. The molecule has 2 heterocycles. The van der Waals surface area contributed by atoms with Crippen molar-refractivity contribution in [3.05, 3.63) is 96.3 Å². The summed E-state index contributed by atoms with van der Waals surface area (Å²) in [6, 6.07) is 15.6. The lowest BCUT2D eigenvalue weighted by Crippen LogP contribution is -2.51. The average Bonchev–Trinajstić information content (AvgIpc) is 3.19. The molecule has 0 aliphatic carbocycles. The van der Waals surface area contributed by atoms with Crippen molar-refractivity contribution >= 4 is 26.2 Å². The summed E-state index contributed by atoms with van der Waals surface area (Å²) in [4.78, 5) is 48.5. The molecular weight excluding hydrogens is 491 g/mol. The Morgan fingerprint density at radius 3 is 2.22 bits per heavy atom. The van der Waals surface area contributed by atoms with E-state index in [1.165, 1.54) is 24.4 Å². The van der Waals surface area contributed by atoms with Crippen LogP contribution in [0.1, 0.15) is 20.7 Å². The van der Waals surface area contributed by atoms with Gasteiger partial charge in [0.05, 0.1) is 11.1 Å². The second kappa shape index (κ2) is 11.2. The summed E-state index contributed by atoms with van der Waals surface area (Å²) in [6.45, 7) is 3.24. The fraction of sp³-hybridized carbons (Fsp3) is 0.208. The number of urea groups is 1. The van der Waals surface area contributed by atoms with Gasteiger partial charge < -0.3 is 19.5 Å². The highest BCUT2D eigenvalue weighted by Crippen LogP contribution is 2.35. The highest BCUT2D eigenvalue weighted by atomic mass is 31.1. The molecule has 2 aromatic rings. The van der Waals surface area contributed by atoms with E-state index in [-0.39, 0.29) is 11.1 Å². The van der Waals surface area contributed by atoms with Crippen LogP contribution in [0.4, 0.5) is 4.79 Å². The van der Waals surface area contributed by atoms with E-state index in [4.69, 9.17) is 18.7 Å². The van der Waals surface area contributed by atoms with Crippen molar-refractivity contribution in [2.24, 2.45) is 0 Å². The lowest BCUT2D eigenvalue weighted by molar-refractivity contribution is -0.0725. The van der Waals surface area contributed by atoms with E-state index in [0.29, 0.717) is 5.70 Å². The third-order valence-electron chi connectivity index (χ3n) is 5.35. The number of nitrogens with zero attached hydrogens (tertiary/aromatic N) is 1. The zero-order chi connectivity index (χ0) is 25.7. The van der Waals surface area contributed by atoms with Crippen LogP contribution in [0, 0.1) is 0 Å². The van der Waals surface area contributed by atoms with Crippen LogP contribution in [0.25, 0.3) is 0 Å². The van der Waals surface area contributed by atoms with Crippen molar-refractivity contribution < 1.29 is 42.6 Å². The third kappa shape index (κ3) is 5.84. The van der Waals surface area contributed by atoms with Crippen LogP contribution >= 0.6 is 8.25 Å². The first-order chi connectivity index (χ1) is 17.3. The number of carbonyl (C=O) groups is 3. The van der Waals surface area contributed by atoms with Crippen LogP contribution in [0.5, 0.6) is 0 Å². The first kappa shape index (κ1) is 25.2. The molecule has 2 aliphatic rings. The molecule has 36 heavy (non-hydrogen) atoms. The standard InChI is InChI=1S/C24H21N2O9P/c1-15-12-13-26(24(29)25-15)21-20(34-23(28)17-10-6-3-7-11-17)19(35-36(30)31)18(33-21)14-32-22(27)16-8-4-2-5-9-16/h2-13,18-21H,1,14H2,(H-,25,29,30,31)/p+1. The number of rotatable bonds is 8. The van der Waals surface area contributed by atoms with Gasteiger partial charge in [0.15, 0.2) is 18.4 Å². The SMILES string of the molecule is C=C1C=CN(C2OC(COC(=O)c3ccccc3)C(O[P+](=O)O)C2OC(=O)c2ccccc2)C(=O)N1. The molecule has 0 bridgehead atoms. The zero-order valence-corrected chi connectivity index (χ0v) is 19.7. The summed E-state index contributed by atoms with van der Waals surface area (Å²) in [7, 11) is -3.18. The Morgan fingerprint density at radius 2 is 1.64 bits per heavy atom. The van der Waals surface area contributed by atoms with Crippen LogP contribution in [0.3, 0.4) is 0 Å². The Kier molecular flexibility index (Phi) is 7.87. The molecular formula is C24H22N2O9P+. The van der Waals surface area contributed by atoms with Crippen LogP contribution < -0.4 is 5.32 Å². The van der Waals surface area contributed by atoms with Gasteiger partial charge in [-0.05, 0) is 30.3 Å². The van der Waals surface area contributed by atoms with E-state index >= 15 is 0 Å². The van der Waals surface area contributed by atoms with Gasteiger partial charge in [-0.15, -0.1) is 9.42 Å². The highest BCUT2D eigenvalue weighted by Gasteiger charge is 2.55. The number of carbonyl (C=O) groups excluding carboxylic acids is 3. The van der Waals surface area contributed by atoms with Gasteiger partial charge in [0, 0.05) is 16.5 Å². The summed E-state index contributed by atoms with van der Waals surface area (Å²) in [5.74, 6) is -1.44. The number of nitrogens with one attached hydrogen (secondary N) is 1. The molecule has 4 rings (SSSR count). The second-order valence-electron chi connectivity index (χ2n) is 7.75. The van der Waals surface area contributed by atoms with Crippen molar-refractivity contribution in [1.29, 1.82) is 0 Å². The molecule has 0 radical (unpaired) electrons. The maximum atomic E-state index is 12.8. The first-order valence-corrected chi connectivity index (χ1v) is 11.9. The Hall–Kier alpha value is -3.89. The monoisotopic (exact) mass is 513 g/mol. The first-order valence-electron chi connectivity index (χ1n) is 10.8. The topological polar surface area (TPSA) is 141 Å². The molecule has 2 N–H and O–H groups in total. The minimum atomic E-state index is -3.18. The molecule has 5 atom stereocenters. The number of hydrogen-bond acceptors (Lipinski definition) is 8. The van der Waals surface area contributed by atoms with E-state index < -0.39 is 57.4 Å². The summed E-state index contributed by atoms with van der Waals surface area (Å²) < 4.78 is 33.7. The minimum Gasteiger partial charge on any atom is -0.459 e. The van der Waals surface area contributed by atoms with Crippen LogP contribution in [0.2, 0.25) is 0 Å². The highest BCUT2D eigenvalue weighted by molar-refractivity contribution is 7.32. The van der Waals surface area contributed by atoms with Crippen LogP contribution in [0.15, 0.2) is 85.2 Å². The third-order valence-corrected chi connectivity index (χ3v) is 5.77. The molecule has 1 saturated heterocycles. The summed E-state index contributed by atoms with van der Waals surface area (Å²) in [6.07, 6.45) is -2.29. The normalized spacial score (nSPS) is 23.7. The average molecular weight is 513 g/mol. The van der Waals surface area contributed by atoms with Gasteiger partial charge in [0.2, 0.25) is 0 Å². The van der Waals surface area contributed by atoms with E-state index in [1.54, 1.807) is 48.5 Å². The molecule has 2 amide bonds. The lowest BCUT2D eigenvalue weighted by Gasteiger charge is -2.31. The van der Waals surface area contributed by atoms with E-state index in [2.05, 4.69) is 11.9 Å². The van der Waals surface area contributed by atoms with Crippen LogP contribution in [-0.2, 0) is 23.3 Å². The molecule has 1 fully saturated rings. The molecule has 0 saturated carbocycles. The van der Waals surface area contributed by atoms with Crippen molar-refractivity contribution in [1.82, 2.24) is 10.2 Å². The Bertz CT molecular complexity index is 1190. The fourth-order valence-electron chi connectivity index (χ4n) is 3.69. The minimum absolute atomic E-state index is 0.203. The molecule has 11 nitrogen and oxygen atoms in total. The summed E-state index contributed by atoms with van der Waals surface area (Å²) in [5.41, 5.74) is 0.808. The Morgan fingerprint density at radius 1 is 1.03 bits per heavy atom. The van der Waals surface area contributed by atoms with Gasteiger partial charge in [-0.2, -0.15) is 0 Å². The maximum Gasteiger partial charge on any atom is 0.695 e. The maximum absolute atomic E-state index is 12.8. The predicted molar refractivity (Wildman–Crippen MR) is 124 cm³/mol. The molecule has 186 valence electrons. The molecule has 12 heteroatoms. The Balaban J connectivity index is 1.61. The smallest absolute Gasteiger partial charge is 0.459 e. The van der Waals surface area contributed by atoms with Gasteiger partial charge in [0.25, 0.3) is 0 Å². The van der Waals surface area contributed by atoms with Gasteiger partial charge >= 0.3 is 26.2 Å². The number of benzene rings is 2. The molecule has 5 unspecified atom stereocenters. The largest absolute Gasteiger partial charge is 0.695 e. The number of esters is 2.